The fourth-order valence-electron chi connectivity index (χ4n) is 3.21. The summed E-state index contributed by atoms with van der Waals surface area (Å²) in [5.41, 5.74) is -0.376. The van der Waals surface area contributed by atoms with Gasteiger partial charge in [-0.05, 0) is 16.8 Å². The zero-order valence-corrected chi connectivity index (χ0v) is 11.2. The Morgan fingerprint density at radius 2 is 2.42 bits per heavy atom. The molecule has 0 aliphatic carbocycles. The lowest BCUT2D eigenvalue weighted by atomic mass is 9.73. The van der Waals surface area contributed by atoms with E-state index in [9.17, 15) is 4.79 Å². The number of nitrogens with zero attached hydrogens (tertiary/aromatic N) is 5. The molecule has 2 atom stereocenters. The zero-order chi connectivity index (χ0) is 13.5. The highest BCUT2D eigenvalue weighted by Gasteiger charge is 2.53. The van der Waals surface area contributed by atoms with Crippen molar-refractivity contribution in [1.82, 2.24) is 25.5 Å². The van der Waals surface area contributed by atoms with E-state index in [1.165, 1.54) is 0 Å². The Balaban J connectivity index is 1.90. The van der Waals surface area contributed by atoms with Gasteiger partial charge in [-0.3, -0.25) is 4.79 Å². The van der Waals surface area contributed by atoms with Crippen LogP contribution in [0, 0.1) is 11.3 Å². The van der Waals surface area contributed by atoms with Gasteiger partial charge >= 0.3 is 0 Å². The molecule has 0 radical (unpaired) electrons. The van der Waals surface area contributed by atoms with E-state index >= 15 is 0 Å². The van der Waals surface area contributed by atoms with Crippen molar-refractivity contribution < 1.29 is 9.53 Å². The Morgan fingerprint density at radius 3 is 3.11 bits per heavy atom. The second-order valence-electron chi connectivity index (χ2n) is 5.24. The van der Waals surface area contributed by atoms with E-state index in [1.807, 2.05) is 0 Å². The molecule has 3 rings (SSSR count). The summed E-state index contributed by atoms with van der Waals surface area (Å²) in [5.74, 6) is 0.994. The number of anilines is 1. The van der Waals surface area contributed by atoms with Crippen molar-refractivity contribution >= 4 is 11.9 Å². The molecule has 2 fully saturated rings. The van der Waals surface area contributed by atoms with Gasteiger partial charge in [0.1, 0.15) is 0 Å². The minimum atomic E-state index is -0.376. The van der Waals surface area contributed by atoms with Gasteiger partial charge in [0.2, 0.25) is 11.9 Å². The Hall–Kier alpha value is -1.70. The number of carbonyl (C=O) groups excluding carboxylic acids is 1. The highest BCUT2D eigenvalue weighted by atomic mass is 16.5. The summed E-state index contributed by atoms with van der Waals surface area (Å²) in [7, 11) is 3.50. The van der Waals surface area contributed by atoms with Crippen LogP contribution in [-0.2, 0) is 16.6 Å². The number of amides is 1. The summed E-state index contributed by atoms with van der Waals surface area (Å²) in [6.07, 6.45) is 0.749. The lowest BCUT2D eigenvalue weighted by Gasteiger charge is -2.36. The molecule has 0 spiro atoms. The predicted octanol–water partition coefficient (Wildman–Crippen LogP) is -1.20. The largest absolute Gasteiger partial charge is 0.381 e. The maximum Gasteiger partial charge on any atom is 0.245 e. The van der Waals surface area contributed by atoms with Crippen molar-refractivity contribution in [2.45, 2.75) is 6.42 Å². The number of hydrogen-bond acceptors (Lipinski definition) is 6. The molecule has 1 aromatic rings. The average molecular weight is 266 g/mol. The van der Waals surface area contributed by atoms with Crippen molar-refractivity contribution in [3.63, 3.8) is 0 Å². The second-order valence-corrected chi connectivity index (χ2v) is 5.24. The quantitative estimate of drug-likeness (QED) is 0.723. The number of carbonyl (C=O) groups is 1. The Bertz CT molecular complexity index is 489. The third kappa shape index (κ3) is 1.78. The minimum absolute atomic E-state index is 0.0958. The summed E-state index contributed by atoms with van der Waals surface area (Å²) >= 11 is 0. The molecule has 1 N–H and O–H groups in total. The van der Waals surface area contributed by atoms with Crippen LogP contribution >= 0.6 is 0 Å². The topological polar surface area (TPSA) is 85.2 Å². The summed E-state index contributed by atoms with van der Waals surface area (Å²) < 4.78 is 7.17. The van der Waals surface area contributed by atoms with Crippen LogP contribution < -0.4 is 10.2 Å². The first kappa shape index (κ1) is 12.3. The third-order valence-corrected chi connectivity index (χ3v) is 4.27. The molecule has 0 aromatic carbocycles. The van der Waals surface area contributed by atoms with Crippen LogP contribution in [0.1, 0.15) is 6.42 Å². The van der Waals surface area contributed by atoms with Crippen molar-refractivity contribution in [2.75, 3.05) is 38.3 Å². The zero-order valence-electron chi connectivity index (χ0n) is 11.2. The lowest BCUT2D eigenvalue weighted by molar-refractivity contribution is -0.138. The molecule has 1 aromatic heterocycles. The smallest absolute Gasteiger partial charge is 0.245 e. The summed E-state index contributed by atoms with van der Waals surface area (Å²) in [5, 5.41) is 14.3. The first-order chi connectivity index (χ1) is 9.17. The Kier molecular flexibility index (Phi) is 2.89. The van der Waals surface area contributed by atoms with Gasteiger partial charge in [0.25, 0.3) is 0 Å². The molecule has 1 amide bonds. The lowest BCUT2D eigenvalue weighted by Crippen LogP contribution is -2.49. The summed E-state index contributed by atoms with van der Waals surface area (Å²) in [6.45, 7) is 2.65. The van der Waals surface area contributed by atoms with Crippen LogP contribution in [-0.4, -0.2) is 59.5 Å². The number of aromatic nitrogens is 4. The Labute approximate surface area is 111 Å². The number of fused-ring (bicyclic) bond motifs is 1. The van der Waals surface area contributed by atoms with Crippen LogP contribution in [0.4, 0.5) is 5.95 Å². The SMILES string of the molecule is CNC(=O)[C@]12CCOC[C@H]1CN(c1nnnn1C)C2. The van der Waals surface area contributed by atoms with Crippen molar-refractivity contribution in [3.05, 3.63) is 0 Å². The van der Waals surface area contributed by atoms with Gasteiger partial charge in [-0.15, -0.1) is 0 Å². The molecule has 0 unspecified atom stereocenters. The van der Waals surface area contributed by atoms with Gasteiger partial charge < -0.3 is 15.0 Å². The van der Waals surface area contributed by atoms with E-state index in [2.05, 4.69) is 25.7 Å². The number of ether oxygens (including phenoxy) is 1. The molecule has 8 heteroatoms. The third-order valence-electron chi connectivity index (χ3n) is 4.27. The van der Waals surface area contributed by atoms with Gasteiger partial charge in [-0.2, -0.15) is 0 Å². The highest BCUT2D eigenvalue weighted by Crippen LogP contribution is 2.43. The number of rotatable bonds is 2. The number of nitrogens with one attached hydrogen (secondary N) is 1. The highest BCUT2D eigenvalue weighted by molar-refractivity contribution is 5.84. The molecule has 8 nitrogen and oxygen atoms in total. The molecule has 2 aliphatic rings. The Morgan fingerprint density at radius 1 is 1.58 bits per heavy atom. The van der Waals surface area contributed by atoms with Gasteiger partial charge in [-0.25, -0.2) is 4.68 Å². The van der Waals surface area contributed by atoms with E-state index in [4.69, 9.17) is 4.74 Å². The first-order valence-corrected chi connectivity index (χ1v) is 6.44. The summed E-state index contributed by atoms with van der Waals surface area (Å²) in [4.78, 5) is 14.4. The van der Waals surface area contributed by atoms with E-state index in [0.29, 0.717) is 25.7 Å². The molecule has 0 saturated carbocycles. The van der Waals surface area contributed by atoms with Crippen LogP contribution in [0.2, 0.25) is 0 Å². The van der Waals surface area contributed by atoms with E-state index in [-0.39, 0.29) is 17.2 Å². The molecule has 2 saturated heterocycles. The monoisotopic (exact) mass is 266 g/mol. The van der Waals surface area contributed by atoms with Crippen molar-refractivity contribution in [2.24, 2.45) is 18.4 Å². The van der Waals surface area contributed by atoms with Gasteiger partial charge in [0.15, 0.2) is 0 Å². The van der Waals surface area contributed by atoms with Crippen molar-refractivity contribution in [3.8, 4) is 0 Å². The van der Waals surface area contributed by atoms with E-state index in [1.54, 1.807) is 18.8 Å². The molecule has 2 aliphatic heterocycles. The number of tetrazole rings is 1. The van der Waals surface area contributed by atoms with Gasteiger partial charge in [-0.1, -0.05) is 5.10 Å². The van der Waals surface area contributed by atoms with E-state index < -0.39 is 0 Å². The normalized spacial score (nSPS) is 30.2. The molecule has 19 heavy (non-hydrogen) atoms. The average Bonchev–Trinajstić information content (AvgIpc) is 3.01. The summed E-state index contributed by atoms with van der Waals surface area (Å²) in [6, 6.07) is 0. The molecule has 104 valence electrons. The maximum absolute atomic E-state index is 12.3. The van der Waals surface area contributed by atoms with Crippen LogP contribution in [0.25, 0.3) is 0 Å². The molecular formula is C11H18N6O2. The van der Waals surface area contributed by atoms with Crippen LogP contribution in [0.5, 0.6) is 0 Å². The fraction of sp³-hybridized carbons (Fsp3) is 0.818. The van der Waals surface area contributed by atoms with Crippen LogP contribution in [0.15, 0.2) is 0 Å². The van der Waals surface area contributed by atoms with Gasteiger partial charge in [0.05, 0.1) is 12.0 Å². The second kappa shape index (κ2) is 4.44. The number of aryl methyl sites for hydroxylation is 1. The maximum atomic E-state index is 12.3. The predicted molar refractivity (Wildman–Crippen MR) is 66.4 cm³/mol. The molecule has 3 heterocycles. The minimum Gasteiger partial charge on any atom is -0.381 e. The first-order valence-electron chi connectivity index (χ1n) is 6.44. The molecular weight excluding hydrogens is 248 g/mol. The van der Waals surface area contributed by atoms with Crippen molar-refractivity contribution in [1.29, 1.82) is 0 Å². The van der Waals surface area contributed by atoms with Crippen LogP contribution in [0.3, 0.4) is 0 Å². The van der Waals surface area contributed by atoms with E-state index in [0.717, 1.165) is 13.0 Å². The number of hydrogen-bond donors (Lipinski definition) is 1. The molecule has 0 bridgehead atoms. The van der Waals surface area contributed by atoms with Gasteiger partial charge in [0, 0.05) is 39.7 Å². The standard InChI is InChI=1S/C11H18N6O2/c1-12-9(18)11-3-4-19-6-8(11)5-17(7-11)10-13-14-15-16(10)2/h8H,3-7H2,1-2H3,(H,12,18)/t8-,11+/m1/s1. The fourth-order valence-corrected chi connectivity index (χ4v) is 3.21.